The van der Waals surface area contributed by atoms with E-state index in [0.29, 0.717) is 17.9 Å². The van der Waals surface area contributed by atoms with Gasteiger partial charge < -0.3 is 14.7 Å². The molecule has 110 valence electrons. The van der Waals surface area contributed by atoms with Crippen LogP contribution in [-0.4, -0.2) is 40.9 Å². The summed E-state index contributed by atoms with van der Waals surface area (Å²) in [6, 6.07) is 6.88. The van der Waals surface area contributed by atoms with Crippen LogP contribution in [0.1, 0.15) is 25.3 Å². The minimum Gasteiger partial charge on any atom is -0.506 e. The van der Waals surface area contributed by atoms with Crippen molar-refractivity contribution in [3.05, 3.63) is 35.4 Å². The molecule has 0 radical (unpaired) electrons. The molecule has 2 aliphatic rings. The Hall–Kier alpha value is -2.30. The van der Waals surface area contributed by atoms with Crippen molar-refractivity contribution in [2.24, 2.45) is 0 Å². The molecule has 1 aromatic carbocycles. The number of nitrogens with zero attached hydrogens (tertiary/aromatic N) is 1. The number of likely N-dealkylation sites (tertiary alicyclic amines) is 1. The normalized spacial score (nSPS) is 20.9. The summed E-state index contributed by atoms with van der Waals surface area (Å²) < 4.78 is 5.33. The second-order valence-electron chi connectivity index (χ2n) is 5.27. The van der Waals surface area contributed by atoms with Crippen LogP contribution >= 0.6 is 0 Å². The number of hydrogen-bond donors (Lipinski definition) is 1. The van der Waals surface area contributed by atoms with Gasteiger partial charge in [0.05, 0.1) is 13.2 Å². The highest BCUT2D eigenvalue weighted by Crippen LogP contribution is 2.33. The van der Waals surface area contributed by atoms with Crippen LogP contribution in [0.5, 0.6) is 5.75 Å². The third kappa shape index (κ3) is 2.51. The van der Waals surface area contributed by atoms with E-state index in [1.54, 1.807) is 29.2 Å². The third-order valence-electron chi connectivity index (χ3n) is 3.73. The quantitative estimate of drug-likeness (QED) is 0.522. The molecule has 5 heteroatoms. The second kappa shape index (κ2) is 5.24. The minimum atomic E-state index is -0.353. The summed E-state index contributed by atoms with van der Waals surface area (Å²) in [7, 11) is 0. The van der Waals surface area contributed by atoms with E-state index in [4.69, 9.17) is 4.74 Å². The molecular formula is C16H17NO4. The lowest BCUT2D eigenvalue weighted by atomic mass is 10.1. The Bertz CT molecular complexity index is 614. The highest BCUT2D eigenvalue weighted by molar-refractivity contribution is 6.28. The first-order valence-electron chi connectivity index (χ1n) is 7.12. The van der Waals surface area contributed by atoms with Crippen molar-refractivity contribution in [3.8, 4) is 5.75 Å². The van der Waals surface area contributed by atoms with Gasteiger partial charge in [-0.1, -0.05) is 0 Å². The highest BCUT2D eigenvalue weighted by atomic mass is 16.5. The van der Waals surface area contributed by atoms with Gasteiger partial charge in [0, 0.05) is 11.6 Å². The number of amides is 1. The van der Waals surface area contributed by atoms with Crippen molar-refractivity contribution in [3.63, 3.8) is 0 Å². The van der Waals surface area contributed by atoms with E-state index in [-0.39, 0.29) is 35.6 Å². The predicted molar refractivity (Wildman–Crippen MR) is 76.9 cm³/mol. The van der Waals surface area contributed by atoms with Crippen LogP contribution in [-0.2, 0) is 9.59 Å². The van der Waals surface area contributed by atoms with Crippen LogP contribution in [0.15, 0.2) is 29.8 Å². The van der Waals surface area contributed by atoms with Gasteiger partial charge in [-0.25, -0.2) is 0 Å². The molecule has 21 heavy (non-hydrogen) atoms. The minimum absolute atomic E-state index is 0.0833. The maximum atomic E-state index is 12.2. The fourth-order valence-corrected chi connectivity index (χ4v) is 2.50. The summed E-state index contributed by atoms with van der Waals surface area (Å²) >= 11 is 0. The lowest BCUT2D eigenvalue weighted by Gasteiger charge is -2.12. The van der Waals surface area contributed by atoms with Gasteiger partial charge in [-0.05, 0) is 44.0 Å². The number of aliphatic hydroxyl groups excluding tert-OH is 1. The lowest BCUT2D eigenvalue weighted by molar-refractivity contribution is -0.125. The van der Waals surface area contributed by atoms with Crippen LogP contribution in [0.2, 0.25) is 0 Å². The Morgan fingerprint density at radius 1 is 1.29 bits per heavy atom. The molecule has 3 rings (SSSR count). The molecule has 0 unspecified atom stereocenters. The number of carbonyl (C=O) groups excluding carboxylic acids is 2. The number of Topliss-reactive ketones (excluding diaryl/α,β-unsaturated/α-hetero) is 1. The van der Waals surface area contributed by atoms with Crippen molar-refractivity contribution in [2.75, 3.05) is 13.2 Å². The third-order valence-corrected chi connectivity index (χ3v) is 3.73. The summed E-state index contributed by atoms with van der Waals surface area (Å²) in [4.78, 5) is 25.8. The summed E-state index contributed by atoms with van der Waals surface area (Å²) in [5.74, 6) is -0.217. The van der Waals surface area contributed by atoms with Gasteiger partial charge in [0.1, 0.15) is 17.1 Å². The maximum Gasteiger partial charge on any atom is 0.262 e. The zero-order valence-corrected chi connectivity index (χ0v) is 11.8. The van der Waals surface area contributed by atoms with Gasteiger partial charge >= 0.3 is 0 Å². The van der Waals surface area contributed by atoms with Crippen molar-refractivity contribution < 1.29 is 19.4 Å². The van der Waals surface area contributed by atoms with Crippen molar-refractivity contribution in [2.45, 2.75) is 25.8 Å². The highest BCUT2D eigenvalue weighted by Gasteiger charge is 2.43. The Labute approximate surface area is 122 Å². The monoisotopic (exact) mass is 287 g/mol. The van der Waals surface area contributed by atoms with Crippen molar-refractivity contribution in [1.82, 2.24) is 4.90 Å². The molecule has 0 aromatic heterocycles. The molecule has 1 heterocycles. The predicted octanol–water partition coefficient (Wildman–Crippen LogP) is 1.93. The fraction of sp³-hybridized carbons (Fsp3) is 0.375. The van der Waals surface area contributed by atoms with Gasteiger partial charge in [0.25, 0.3) is 5.91 Å². The average molecular weight is 287 g/mol. The maximum absolute atomic E-state index is 12.2. The van der Waals surface area contributed by atoms with E-state index < -0.39 is 0 Å². The first kappa shape index (κ1) is 13.7. The average Bonchev–Trinajstić information content (AvgIpc) is 3.26. The van der Waals surface area contributed by atoms with Crippen LogP contribution in [0.25, 0.3) is 5.76 Å². The van der Waals surface area contributed by atoms with Gasteiger partial charge in [-0.15, -0.1) is 0 Å². The first-order valence-corrected chi connectivity index (χ1v) is 7.12. The standard InChI is InChI=1S/C16H17NO4/c1-2-21-12-7-3-10(4-8-12)15(19)14-13(18)9-17(16(14)20)11-5-6-11/h3-4,7-8,11,19H,2,5-6,9H2,1H3/b15-14-. The fourth-order valence-electron chi connectivity index (χ4n) is 2.50. The van der Waals surface area contributed by atoms with Gasteiger partial charge in [0.15, 0.2) is 5.78 Å². The smallest absolute Gasteiger partial charge is 0.262 e. The Morgan fingerprint density at radius 3 is 2.52 bits per heavy atom. The number of ether oxygens (including phenoxy) is 1. The van der Waals surface area contributed by atoms with E-state index in [2.05, 4.69) is 0 Å². The number of hydrogen-bond acceptors (Lipinski definition) is 4. The van der Waals surface area contributed by atoms with E-state index in [0.717, 1.165) is 12.8 Å². The summed E-state index contributed by atoms with van der Waals surface area (Å²) in [6.07, 6.45) is 1.88. The second-order valence-corrected chi connectivity index (χ2v) is 5.27. The molecule has 1 N–H and O–H groups in total. The molecule has 1 saturated heterocycles. The van der Waals surface area contributed by atoms with Gasteiger partial charge in [-0.3, -0.25) is 9.59 Å². The van der Waals surface area contributed by atoms with Crippen LogP contribution < -0.4 is 4.74 Å². The molecule has 2 fully saturated rings. The Kier molecular flexibility index (Phi) is 3.41. The molecule has 1 aromatic rings. The number of rotatable bonds is 4. The topological polar surface area (TPSA) is 66.8 Å². The summed E-state index contributed by atoms with van der Waals surface area (Å²) in [5, 5.41) is 10.3. The molecular weight excluding hydrogens is 270 g/mol. The largest absolute Gasteiger partial charge is 0.506 e. The van der Waals surface area contributed by atoms with Gasteiger partial charge in [-0.2, -0.15) is 0 Å². The van der Waals surface area contributed by atoms with E-state index >= 15 is 0 Å². The summed E-state index contributed by atoms with van der Waals surface area (Å²) in [6.45, 7) is 2.52. The van der Waals surface area contributed by atoms with E-state index in [1.807, 2.05) is 6.92 Å². The molecule has 1 saturated carbocycles. The molecule has 5 nitrogen and oxygen atoms in total. The van der Waals surface area contributed by atoms with Crippen LogP contribution in [0, 0.1) is 0 Å². The van der Waals surface area contributed by atoms with Crippen LogP contribution in [0.3, 0.4) is 0 Å². The van der Waals surface area contributed by atoms with E-state index in [1.165, 1.54) is 0 Å². The Morgan fingerprint density at radius 2 is 1.95 bits per heavy atom. The molecule has 1 aliphatic heterocycles. The zero-order chi connectivity index (χ0) is 15.0. The molecule has 0 spiro atoms. The SMILES string of the molecule is CCOc1ccc(/C(O)=C2\C(=O)CN(C3CC3)C2=O)cc1. The molecule has 1 aliphatic carbocycles. The van der Waals surface area contributed by atoms with Crippen molar-refractivity contribution >= 4 is 17.4 Å². The number of carbonyl (C=O) groups is 2. The zero-order valence-electron chi connectivity index (χ0n) is 11.8. The van der Waals surface area contributed by atoms with Gasteiger partial charge in [0.2, 0.25) is 0 Å². The van der Waals surface area contributed by atoms with Crippen LogP contribution in [0.4, 0.5) is 0 Å². The first-order chi connectivity index (χ1) is 10.1. The summed E-state index contributed by atoms with van der Waals surface area (Å²) in [5.41, 5.74) is 0.360. The number of ketones is 1. The molecule has 0 atom stereocenters. The lowest BCUT2D eigenvalue weighted by Crippen LogP contribution is -2.27. The van der Waals surface area contributed by atoms with Crippen molar-refractivity contribution in [1.29, 1.82) is 0 Å². The Balaban J connectivity index is 1.89. The molecule has 1 amide bonds. The van der Waals surface area contributed by atoms with E-state index in [9.17, 15) is 14.7 Å². The number of aliphatic hydroxyl groups is 1. The molecule has 0 bridgehead atoms. The number of benzene rings is 1.